The summed E-state index contributed by atoms with van der Waals surface area (Å²) in [6.45, 7) is 1.15. The predicted octanol–water partition coefficient (Wildman–Crippen LogP) is 1.75. The zero-order chi connectivity index (χ0) is 12.8. The van der Waals surface area contributed by atoms with Gasteiger partial charge in [-0.05, 0) is 18.8 Å². The van der Waals surface area contributed by atoms with Gasteiger partial charge in [0.15, 0.2) is 0 Å². The van der Waals surface area contributed by atoms with Crippen LogP contribution in [0.25, 0.3) is 0 Å². The number of rotatable bonds is 5. The first-order chi connectivity index (χ1) is 8.74. The molecule has 0 unspecified atom stereocenters. The lowest BCUT2D eigenvalue weighted by molar-refractivity contribution is -0.118. The SMILES string of the molecule is NC(=O)Cn1cc(NCC2CCCCCC2)cn1. The Morgan fingerprint density at radius 3 is 2.78 bits per heavy atom. The Hall–Kier alpha value is -1.52. The molecule has 1 aliphatic carbocycles. The molecule has 2 rings (SSSR count). The number of primary amides is 1. The third-order valence-electron chi connectivity index (χ3n) is 3.52. The molecule has 3 N–H and O–H groups in total. The van der Waals surface area contributed by atoms with E-state index in [0.717, 1.165) is 18.2 Å². The van der Waals surface area contributed by atoms with E-state index in [0.29, 0.717) is 0 Å². The molecule has 1 aromatic rings. The maximum Gasteiger partial charge on any atom is 0.239 e. The second kappa shape index (κ2) is 6.42. The van der Waals surface area contributed by atoms with Gasteiger partial charge in [0, 0.05) is 12.7 Å². The highest BCUT2D eigenvalue weighted by Gasteiger charge is 2.12. The van der Waals surface area contributed by atoms with Gasteiger partial charge in [-0.25, -0.2) is 0 Å². The quantitative estimate of drug-likeness (QED) is 0.782. The Bertz CT molecular complexity index is 380. The summed E-state index contributed by atoms with van der Waals surface area (Å²) in [5.74, 6) is 0.403. The van der Waals surface area contributed by atoms with Crippen molar-refractivity contribution < 1.29 is 4.79 Å². The van der Waals surface area contributed by atoms with Gasteiger partial charge in [0.2, 0.25) is 5.91 Å². The van der Waals surface area contributed by atoms with E-state index in [1.807, 2.05) is 6.20 Å². The molecule has 1 heterocycles. The summed E-state index contributed by atoms with van der Waals surface area (Å²) in [6.07, 6.45) is 11.7. The van der Waals surface area contributed by atoms with Crippen molar-refractivity contribution in [2.75, 3.05) is 11.9 Å². The van der Waals surface area contributed by atoms with Crippen LogP contribution in [0.3, 0.4) is 0 Å². The minimum absolute atomic E-state index is 0.144. The Labute approximate surface area is 108 Å². The van der Waals surface area contributed by atoms with E-state index in [2.05, 4.69) is 10.4 Å². The maximum absolute atomic E-state index is 10.8. The molecular weight excluding hydrogens is 228 g/mol. The van der Waals surface area contributed by atoms with Gasteiger partial charge in [0.1, 0.15) is 6.54 Å². The van der Waals surface area contributed by atoms with Crippen molar-refractivity contribution in [1.82, 2.24) is 9.78 Å². The van der Waals surface area contributed by atoms with E-state index in [4.69, 9.17) is 5.73 Å². The van der Waals surface area contributed by atoms with Crippen molar-refractivity contribution in [3.63, 3.8) is 0 Å². The lowest BCUT2D eigenvalue weighted by Gasteiger charge is -2.14. The van der Waals surface area contributed by atoms with E-state index >= 15 is 0 Å². The summed E-state index contributed by atoms with van der Waals surface area (Å²) in [5, 5.41) is 7.49. The van der Waals surface area contributed by atoms with Crippen LogP contribution in [0.5, 0.6) is 0 Å². The fourth-order valence-electron chi connectivity index (χ4n) is 2.53. The number of aromatic nitrogens is 2. The van der Waals surface area contributed by atoms with Gasteiger partial charge >= 0.3 is 0 Å². The highest BCUT2D eigenvalue weighted by molar-refractivity contribution is 5.73. The molecule has 18 heavy (non-hydrogen) atoms. The molecule has 5 heteroatoms. The Morgan fingerprint density at radius 1 is 1.39 bits per heavy atom. The van der Waals surface area contributed by atoms with Crippen LogP contribution >= 0.6 is 0 Å². The number of nitrogens with two attached hydrogens (primary N) is 1. The van der Waals surface area contributed by atoms with Crippen molar-refractivity contribution in [2.24, 2.45) is 11.7 Å². The molecule has 1 fully saturated rings. The average molecular weight is 250 g/mol. The number of nitrogens with zero attached hydrogens (tertiary/aromatic N) is 2. The van der Waals surface area contributed by atoms with Crippen molar-refractivity contribution in [2.45, 2.75) is 45.1 Å². The summed E-state index contributed by atoms with van der Waals surface area (Å²) in [7, 11) is 0. The van der Waals surface area contributed by atoms with E-state index in [9.17, 15) is 4.79 Å². The minimum atomic E-state index is -0.367. The normalized spacial score (nSPS) is 17.3. The topological polar surface area (TPSA) is 72.9 Å². The molecule has 0 bridgehead atoms. The summed E-state index contributed by atoms with van der Waals surface area (Å²) < 4.78 is 1.57. The molecule has 100 valence electrons. The average Bonchev–Trinajstić information content (AvgIpc) is 2.61. The zero-order valence-electron chi connectivity index (χ0n) is 10.8. The summed E-state index contributed by atoms with van der Waals surface area (Å²) in [4.78, 5) is 10.8. The van der Waals surface area contributed by atoms with Gasteiger partial charge in [-0.3, -0.25) is 9.48 Å². The number of anilines is 1. The van der Waals surface area contributed by atoms with E-state index < -0.39 is 0 Å². The van der Waals surface area contributed by atoms with Gasteiger partial charge in [0.25, 0.3) is 0 Å². The molecule has 1 amide bonds. The lowest BCUT2D eigenvalue weighted by atomic mass is 10.0. The summed E-state index contributed by atoms with van der Waals surface area (Å²) >= 11 is 0. The van der Waals surface area contributed by atoms with E-state index in [-0.39, 0.29) is 12.5 Å². The van der Waals surface area contributed by atoms with Crippen LogP contribution in [-0.2, 0) is 11.3 Å². The Balaban J connectivity index is 1.78. The van der Waals surface area contributed by atoms with Crippen molar-refractivity contribution in [1.29, 1.82) is 0 Å². The standard InChI is InChI=1S/C13H22N4O/c14-13(18)10-17-9-12(8-16-17)15-7-11-5-3-1-2-4-6-11/h8-9,11,15H,1-7,10H2,(H2,14,18). The molecule has 0 radical (unpaired) electrons. The third kappa shape index (κ3) is 4.05. The van der Waals surface area contributed by atoms with E-state index in [1.54, 1.807) is 10.9 Å². The summed E-state index contributed by atoms with van der Waals surface area (Å²) in [5.41, 5.74) is 6.09. The first-order valence-corrected chi connectivity index (χ1v) is 6.78. The molecule has 5 nitrogen and oxygen atoms in total. The first kappa shape index (κ1) is 12.9. The fourth-order valence-corrected chi connectivity index (χ4v) is 2.53. The van der Waals surface area contributed by atoms with Crippen LogP contribution in [0, 0.1) is 5.92 Å². The molecule has 0 spiro atoms. The third-order valence-corrected chi connectivity index (χ3v) is 3.52. The minimum Gasteiger partial charge on any atom is -0.382 e. The van der Waals surface area contributed by atoms with Gasteiger partial charge in [-0.2, -0.15) is 5.10 Å². The number of nitrogens with one attached hydrogen (secondary N) is 1. The molecule has 1 saturated carbocycles. The van der Waals surface area contributed by atoms with Crippen molar-refractivity contribution in [3.05, 3.63) is 12.4 Å². The number of hydrogen-bond donors (Lipinski definition) is 2. The Morgan fingerprint density at radius 2 is 2.11 bits per heavy atom. The first-order valence-electron chi connectivity index (χ1n) is 6.78. The van der Waals surface area contributed by atoms with Crippen LogP contribution in [0.4, 0.5) is 5.69 Å². The second-order valence-corrected chi connectivity index (χ2v) is 5.13. The van der Waals surface area contributed by atoms with E-state index in [1.165, 1.54) is 38.5 Å². The molecule has 0 saturated heterocycles. The van der Waals surface area contributed by atoms with Crippen LogP contribution < -0.4 is 11.1 Å². The van der Waals surface area contributed by atoms with Gasteiger partial charge in [-0.15, -0.1) is 0 Å². The smallest absolute Gasteiger partial charge is 0.239 e. The number of amides is 1. The molecule has 0 aliphatic heterocycles. The molecular formula is C13H22N4O. The number of carbonyl (C=O) groups excluding carboxylic acids is 1. The lowest BCUT2D eigenvalue weighted by Crippen LogP contribution is -2.18. The zero-order valence-corrected chi connectivity index (χ0v) is 10.8. The van der Waals surface area contributed by atoms with Gasteiger partial charge in [0.05, 0.1) is 11.9 Å². The fraction of sp³-hybridized carbons (Fsp3) is 0.692. The van der Waals surface area contributed by atoms with Crippen LogP contribution in [0.15, 0.2) is 12.4 Å². The van der Waals surface area contributed by atoms with Crippen LogP contribution in [-0.4, -0.2) is 22.2 Å². The monoisotopic (exact) mass is 250 g/mol. The van der Waals surface area contributed by atoms with Crippen LogP contribution in [0.1, 0.15) is 38.5 Å². The second-order valence-electron chi connectivity index (χ2n) is 5.13. The molecule has 1 aromatic heterocycles. The highest BCUT2D eigenvalue weighted by atomic mass is 16.1. The molecule has 0 atom stereocenters. The van der Waals surface area contributed by atoms with Crippen LogP contribution in [0.2, 0.25) is 0 Å². The molecule has 0 aromatic carbocycles. The summed E-state index contributed by atoms with van der Waals surface area (Å²) in [6, 6.07) is 0. The predicted molar refractivity (Wildman–Crippen MR) is 71.1 cm³/mol. The highest BCUT2D eigenvalue weighted by Crippen LogP contribution is 2.23. The van der Waals surface area contributed by atoms with Gasteiger partial charge in [-0.1, -0.05) is 25.7 Å². The number of carbonyl (C=O) groups is 1. The molecule has 1 aliphatic rings. The largest absolute Gasteiger partial charge is 0.382 e. The van der Waals surface area contributed by atoms with Crippen molar-refractivity contribution in [3.8, 4) is 0 Å². The number of hydrogen-bond acceptors (Lipinski definition) is 3. The van der Waals surface area contributed by atoms with Crippen molar-refractivity contribution >= 4 is 11.6 Å². The Kier molecular flexibility index (Phi) is 4.61. The maximum atomic E-state index is 10.8. The van der Waals surface area contributed by atoms with Gasteiger partial charge < -0.3 is 11.1 Å².